The predicted octanol–water partition coefficient (Wildman–Crippen LogP) is 1.23. The SMILES string of the molecule is O=C(NCC1=CCCOC1)c1cc(F)c[nH]1. The highest BCUT2D eigenvalue weighted by atomic mass is 19.1. The van der Waals surface area contributed by atoms with E-state index in [-0.39, 0.29) is 11.6 Å². The fourth-order valence-corrected chi connectivity index (χ4v) is 1.52. The smallest absolute Gasteiger partial charge is 0.268 e. The van der Waals surface area contributed by atoms with E-state index in [2.05, 4.69) is 16.4 Å². The summed E-state index contributed by atoms with van der Waals surface area (Å²) in [5, 5.41) is 2.70. The summed E-state index contributed by atoms with van der Waals surface area (Å²) < 4.78 is 17.9. The van der Waals surface area contributed by atoms with Crippen LogP contribution in [0.1, 0.15) is 16.9 Å². The second-order valence-corrected chi connectivity index (χ2v) is 3.62. The molecule has 2 rings (SSSR count). The number of hydrogen-bond acceptors (Lipinski definition) is 2. The van der Waals surface area contributed by atoms with Gasteiger partial charge in [-0.15, -0.1) is 0 Å². The second kappa shape index (κ2) is 4.94. The first-order valence-electron chi connectivity index (χ1n) is 5.13. The average molecular weight is 224 g/mol. The highest BCUT2D eigenvalue weighted by molar-refractivity contribution is 5.92. The maximum atomic E-state index is 12.6. The van der Waals surface area contributed by atoms with Gasteiger partial charge < -0.3 is 15.0 Å². The molecule has 2 N–H and O–H groups in total. The summed E-state index contributed by atoms with van der Waals surface area (Å²) in [5.41, 5.74) is 1.28. The molecule has 1 aliphatic heterocycles. The molecule has 0 spiro atoms. The lowest BCUT2D eigenvalue weighted by atomic mass is 10.2. The Kier molecular flexibility index (Phi) is 3.36. The molecule has 0 aliphatic carbocycles. The number of carbonyl (C=O) groups excluding carboxylic acids is 1. The molecule has 1 amide bonds. The van der Waals surface area contributed by atoms with Crippen LogP contribution in [0.5, 0.6) is 0 Å². The van der Waals surface area contributed by atoms with Gasteiger partial charge in [-0.3, -0.25) is 4.79 Å². The first kappa shape index (κ1) is 10.9. The lowest BCUT2D eigenvalue weighted by Crippen LogP contribution is -2.28. The third-order valence-electron chi connectivity index (χ3n) is 2.35. The largest absolute Gasteiger partial charge is 0.377 e. The van der Waals surface area contributed by atoms with Gasteiger partial charge in [-0.25, -0.2) is 4.39 Å². The number of carbonyl (C=O) groups is 1. The molecule has 0 unspecified atom stereocenters. The molecule has 86 valence electrons. The Hall–Kier alpha value is -1.62. The van der Waals surface area contributed by atoms with Gasteiger partial charge in [0.05, 0.1) is 13.2 Å². The minimum absolute atomic E-state index is 0.231. The van der Waals surface area contributed by atoms with Gasteiger partial charge in [-0.2, -0.15) is 0 Å². The predicted molar refractivity (Wildman–Crippen MR) is 56.6 cm³/mol. The second-order valence-electron chi connectivity index (χ2n) is 3.62. The summed E-state index contributed by atoms with van der Waals surface area (Å²) in [7, 11) is 0. The monoisotopic (exact) mass is 224 g/mol. The normalized spacial score (nSPS) is 15.7. The van der Waals surface area contributed by atoms with E-state index in [0.29, 0.717) is 13.2 Å². The molecule has 1 aliphatic rings. The van der Waals surface area contributed by atoms with Crippen molar-refractivity contribution in [3.05, 3.63) is 35.4 Å². The van der Waals surface area contributed by atoms with Gasteiger partial charge >= 0.3 is 0 Å². The van der Waals surface area contributed by atoms with E-state index in [4.69, 9.17) is 4.74 Å². The van der Waals surface area contributed by atoms with Crippen molar-refractivity contribution in [1.29, 1.82) is 0 Å². The van der Waals surface area contributed by atoms with Crippen LogP contribution in [0.2, 0.25) is 0 Å². The summed E-state index contributed by atoms with van der Waals surface area (Å²) in [5.74, 6) is -0.749. The van der Waals surface area contributed by atoms with E-state index >= 15 is 0 Å². The van der Waals surface area contributed by atoms with Crippen LogP contribution in [0.4, 0.5) is 4.39 Å². The molecule has 0 aromatic carbocycles. The van der Waals surface area contributed by atoms with Gasteiger partial charge in [0.25, 0.3) is 5.91 Å². The topological polar surface area (TPSA) is 54.1 Å². The number of amides is 1. The van der Waals surface area contributed by atoms with Crippen molar-refractivity contribution in [3.63, 3.8) is 0 Å². The molecule has 2 heterocycles. The zero-order chi connectivity index (χ0) is 11.4. The fraction of sp³-hybridized carbons (Fsp3) is 0.364. The Morgan fingerprint density at radius 3 is 3.12 bits per heavy atom. The van der Waals surface area contributed by atoms with E-state index in [1.807, 2.05) is 0 Å². The average Bonchev–Trinajstić information content (AvgIpc) is 2.74. The first-order chi connectivity index (χ1) is 7.75. The summed E-state index contributed by atoms with van der Waals surface area (Å²) in [6.45, 7) is 1.73. The lowest BCUT2D eigenvalue weighted by Gasteiger charge is -2.13. The Balaban J connectivity index is 1.86. The zero-order valence-electron chi connectivity index (χ0n) is 8.75. The number of halogens is 1. The van der Waals surface area contributed by atoms with Gasteiger partial charge in [0.1, 0.15) is 11.5 Å². The van der Waals surface area contributed by atoms with Crippen LogP contribution in [-0.2, 0) is 4.74 Å². The summed E-state index contributed by atoms with van der Waals surface area (Å²) in [4.78, 5) is 14.1. The standard InChI is InChI=1S/C11H13FN2O2/c12-9-4-10(13-6-9)11(15)14-5-8-2-1-3-16-7-8/h2,4,6,13H,1,3,5,7H2,(H,14,15). The van der Waals surface area contributed by atoms with Crippen LogP contribution in [0.25, 0.3) is 0 Å². The van der Waals surface area contributed by atoms with Gasteiger partial charge in [0.2, 0.25) is 0 Å². The molecule has 0 atom stereocenters. The van der Waals surface area contributed by atoms with Crippen molar-refractivity contribution in [3.8, 4) is 0 Å². The zero-order valence-corrected chi connectivity index (χ0v) is 8.75. The lowest BCUT2D eigenvalue weighted by molar-refractivity contribution is 0.0947. The summed E-state index contributed by atoms with van der Waals surface area (Å²) >= 11 is 0. The van der Waals surface area contributed by atoms with Crippen LogP contribution in [0, 0.1) is 5.82 Å². The maximum Gasteiger partial charge on any atom is 0.268 e. The van der Waals surface area contributed by atoms with Crippen LogP contribution >= 0.6 is 0 Å². The maximum absolute atomic E-state index is 12.6. The number of hydrogen-bond donors (Lipinski definition) is 2. The Bertz CT molecular complexity index is 412. The minimum atomic E-state index is -0.439. The van der Waals surface area contributed by atoms with Crippen molar-refractivity contribution < 1.29 is 13.9 Å². The molecule has 0 saturated heterocycles. The van der Waals surface area contributed by atoms with Crippen molar-refractivity contribution in [2.24, 2.45) is 0 Å². The van der Waals surface area contributed by atoms with Gasteiger partial charge in [-0.1, -0.05) is 6.08 Å². The molecule has 0 saturated carbocycles. The summed E-state index contributed by atoms with van der Waals surface area (Å²) in [6.07, 6.45) is 4.08. The Labute approximate surface area is 92.5 Å². The molecule has 1 aromatic heterocycles. The molecule has 0 radical (unpaired) electrons. The number of rotatable bonds is 3. The van der Waals surface area contributed by atoms with E-state index in [9.17, 15) is 9.18 Å². The molecule has 1 aromatic rings. The number of H-pyrrole nitrogens is 1. The Morgan fingerprint density at radius 2 is 2.50 bits per heavy atom. The third-order valence-corrected chi connectivity index (χ3v) is 2.35. The van der Waals surface area contributed by atoms with E-state index in [0.717, 1.165) is 24.8 Å². The van der Waals surface area contributed by atoms with Crippen molar-refractivity contribution in [1.82, 2.24) is 10.3 Å². The fourth-order valence-electron chi connectivity index (χ4n) is 1.52. The summed E-state index contributed by atoms with van der Waals surface area (Å²) in [6, 6.07) is 1.17. The molecule has 0 bridgehead atoms. The molecular weight excluding hydrogens is 211 g/mol. The van der Waals surface area contributed by atoms with Crippen LogP contribution < -0.4 is 5.32 Å². The van der Waals surface area contributed by atoms with Crippen molar-refractivity contribution in [2.45, 2.75) is 6.42 Å². The molecule has 16 heavy (non-hydrogen) atoms. The van der Waals surface area contributed by atoms with E-state index in [1.165, 1.54) is 6.07 Å². The highest BCUT2D eigenvalue weighted by Gasteiger charge is 2.10. The molecule has 4 nitrogen and oxygen atoms in total. The minimum Gasteiger partial charge on any atom is -0.377 e. The van der Waals surface area contributed by atoms with Crippen LogP contribution in [-0.4, -0.2) is 30.6 Å². The molecule has 5 heteroatoms. The number of aromatic nitrogens is 1. The van der Waals surface area contributed by atoms with Crippen molar-refractivity contribution >= 4 is 5.91 Å². The third kappa shape index (κ3) is 2.70. The number of aromatic amines is 1. The van der Waals surface area contributed by atoms with Gasteiger partial charge in [-0.05, 0) is 12.0 Å². The van der Waals surface area contributed by atoms with Gasteiger partial charge in [0, 0.05) is 18.8 Å². The number of ether oxygens (including phenoxy) is 1. The Morgan fingerprint density at radius 1 is 1.62 bits per heavy atom. The highest BCUT2D eigenvalue weighted by Crippen LogP contribution is 2.05. The molecular formula is C11H13FN2O2. The van der Waals surface area contributed by atoms with Crippen LogP contribution in [0.3, 0.4) is 0 Å². The van der Waals surface area contributed by atoms with Gasteiger partial charge in [0.15, 0.2) is 0 Å². The first-order valence-corrected chi connectivity index (χ1v) is 5.13. The van der Waals surface area contributed by atoms with E-state index < -0.39 is 5.82 Å². The quantitative estimate of drug-likeness (QED) is 0.759. The van der Waals surface area contributed by atoms with E-state index in [1.54, 1.807) is 0 Å². The molecule has 0 fully saturated rings. The number of nitrogens with one attached hydrogen (secondary N) is 2. The van der Waals surface area contributed by atoms with Crippen molar-refractivity contribution in [2.75, 3.05) is 19.8 Å². The van der Waals surface area contributed by atoms with Crippen LogP contribution in [0.15, 0.2) is 23.9 Å².